The molecule has 0 spiro atoms. The standard InChI is InChI=1S/C4H4NOS.3C4H9.Sn/c1-6-4-2-3-7-5-4;3*1-3-4-2;/h3H,1H3;3*1,3-4H2,2H3;. The first-order valence-corrected chi connectivity index (χ1v) is 16.5. The van der Waals surface area contributed by atoms with Gasteiger partial charge in [0.25, 0.3) is 0 Å². The molecule has 0 N–H and O–H groups in total. The number of ether oxygens (including phenoxy) is 1. The third-order valence-corrected chi connectivity index (χ3v) is 21.0. The Bertz CT molecular complexity index is 345. The van der Waals surface area contributed by atoms with Crippen molar-refractivity contribution in [2.45, 2.75) is 72.6 Å². The van der Waals surface area contributed by atoms with Gasteiger partial charge in [0, 0.05) is 0 Å². The van der Waals surface area contributed by atoms with Crippen molar-refractivity contribution in [3.05, 3.63) is 5.38 Å². The summed E-state index contributed by atoms with van der Waals surface area (Å²) >= 11 is -0.708. The van der Waals surface area contributed by atoms with Crippen molar-refractivity contribution in [1.82, 2.24) is 4.37 Å². The number of nitrogens with zero attached hydrogens (tertiary/aromatic N) is 1. The maximum absolute atomic E-state index is 5.58. The van der Waals surface area contributed by atoms with Gasteiger partial charge in [-0.15, -0.1) is 0 Å². The van der Waals surface area contributed by atoms with Crippen molar-refractivity contribution >= 4 is 33.5 Å². The zero-order valence-corrected chi connectivity index (χ0v) is 17.4. The van der Waals surface area contributed by atoms with Crippen LogP contribution in [0.3, 0.4) is 0 Å². The molecule has 0 bridgehead atoms. The second-order valence-corrected chi connectivity index (χ2v) is 19.6. The first-order chi connectivity index (χ1) is 9.74. The fourth-order valence-corrected chi connectivity index (χ4v) is 21.7. The van der Waals surface area contributed by atoms with Gasteiger partial charge < -0.3 is 0 Å². The van der Waals surface area contributed by atoms with Crippen molar-refractivity contribution in [3.63, 3.8) is 0 Å². The van der Waals surface area contributed by atoms with Crippen LogP contribution >= 0.6 is 11.5 Å². The summed E-state index contributed by atoms with van der Waals surface area (Å²) in [6.45, 7) is 6.96. The number of unbranched alkanes of at least 4 members (excludes halogenated alkanes) is 3. The zero-order chi connectivity index (χ0) is 14.8. The molecular formula is C16H31NOSSn. The molecule has 0 fully saturated rings. The van der Waals surface area contributed by atoms with E-state index in [0.717, 1.165) is 5.88 Å². The Hall–Kier alpha value is 0.229. The second-order valence-electron chi connectivity index (χ2n) is 5.83. The van der Waals surface area contributed by atoms with Crippen LogP contribution in [-0.2, 0) is 0 Å². The Morgan fingerprint density at radius 1 is 1.00 bits per heavy atom. The van der Waals surface area contributed by atoms with Crippen molar-refractivity contribution < 1.29 is 4.74 Å². The van der Waals surface area contributed by atoms with Crippen LogP contribution in [0, 0.1) is 0 Å². The molecule has 0 aliphatic rings. The van der Waals surface area contributed by atoms with Gasteiger partial charge in [0.2, 0.25) is 0 Å². The molecule has 116 valence electrons. The predicted molar refractivity (Wildman–Crippen MR) is 93.2 cm³/mol. The molecule has 0 atom stereocenters. The van der Waals surface area contributed by atoms with E-state index >= 15 is 0 Å². The summed E-state index contributed by atoms with van der Waals surface area (Å²) in [5.41, 5.74) is 0. The molecule has 0 aromatic carbocycles. The van der Waals surface area contributed by atoms with E-state index in [1.807, 2.05) is 0 Å². The summed E-state index contributed by atoms with van der Waals surface area (Å²) in [5.74, 6) is 0.967. The van der Waals surface area contributed by atoms with E-state index in [4.69, 9.17) is 4.74 Å². The quantitative estimate of drug-likeness (QED) is 0.473. The van der Waals surface area contributed by atoms with E-state index in [1.165, 1.54) is 51.8 Å². The summed E-state index contributed by atoms with van der Waals surface area (Å²) in [4.78, 5) is 0. The Kier molecular flexibility index (Phi) is 9.17. The van der Waals surface area contributed by atoms with Crippen molar-refractivity contribution in [2.75, 3.05) is 7.11 Å². The third kappa shape index (κ3) is 4.90. The van der Waals surface area contributed by atoms with Crippen LogP contribution in [0.1, 0.15) is 59.3 Å². The summed E-state index contributed by atoms with van der Waals surface area (Å²) < 4.78 is 16.1. The van der Waals surface area contributed by atoms with E-state index in [0.29, 0.717) is 0 Å². The summed E-state index contributed by atoms with van der Waals surface area (Å²) in [5, 5.41) is 2.33. The molecule has 2 nitrogen and oxygen atoms in total. The fraction of sp³-hybridized carbons (Fsp3) is 0.812. The molecule has 0 unspecified atom stereocenters. The first kappa shape index (κ1) is 18.3. The van der Waals surface area contributed by atoms with Crippen LogP contribution < -0.4 is 8.32 Å². The molecule has 1 aromatic heterocycles. The van der Waals surface area contributed by atoms with Gasteiger partial charge in [0.1, 0.15) is 0 Å². The van der Waals surface area contributed by atoms with Crippen molar-refractivity contribution in [3.8, 4) is 5.88 Å². The van der Waals surface area contributed by atoms with Crippen LogP contribution in [-0.4, -0.2) is 29.9 Å². The Morgan fingerprint density at radius 2 is 1.50 bits per heavy atom. The van der Waals surface area contributed by atoms with E-state index in [-0.39, 0.29) is 0 Å². The first-order valence-electron chi connectivity index (χ1n) is 8.22. The fourth-order valence-electron chi connectivity index (χ4n) is 3.05. The molecule has 4 heteroatoms. The van der Waals surface area contributed by atoms with Crippen LogP contribution in [0.5, 0.6) is 5.88 Å². The molecule has 1 rings (SSSR count). The molecule has 1 aromatic rings. The predicted octanol–water partition coefficient (Wildman–Crippen LogP) is 5.21. The topological polar surface area (TPSA) is 22.1 Å². The molecule has 0 saturated carbocycles. The van der Waals surface area contributed by atoms with Gasteiger partial charge in [-0.1, -0.05) is 0 Å². The van der Waals surface area contributed by atoms with Gasteiger partial charge in [-0.3, -0.25) is 0 Å². The summed E-state index contributed by atoms with van der Waals surface area (Å²) in [6.07, 6.45) is 8.12. The molecular weight excluding hydrogens is 373 g/mol. The molecule has 0 saturated heterocycles. The monoisotopic (exact) mass is 405 g/mol. The molecule has 0 amide bonds. The van der Waals surface area contributed by atoms with Crippen molar-refractivity contribution in [2.24, 2.45) is 0 Å². The average molecular weight is 404 g/mol. The summed E-state index contributed by atoms with van der Waals surface area (Å²) in [7, 11) is 1.79. The normalized spacial score (nSPS) is 11.8. The maximum atomic E-state index is 5.58. The van der Waals surface area contributed by atoms with Crippen molar-refractivity contribution in [1.29, 1.82) is 0 Å². The molecule has 0 aliphatic carbocycles. The number of rotatable bonds is 11. The molecule has 0 aliphatic heterocycles. The van der Waals surface area contributed by atoms with E-state index < -0.39 is 18.4 Å². The van der Waals surface area contributed by atoms with Gasteiger partial charge in [-0.25, -0.2) is 0 Å². The van der Waals surface area contributed by atoms with Gasteiger partial charge >= 0.3 is 134 Å². The third-order valence-electron chi connectivity index (χ3n) is 4.33. The second kappa shape index (κ2) is 10.0. The Labute approximate surface area is 133 Å². The number of aromatic nitrogens is 1. The Balaban J connectivity index is 3.04. The van der Waals surface area contributed by atoms with E-state index in [9.17, 15) is 0 Å². The zero-order valence-electron chi connectivity index (χ0n) is 13.7. The average Bonchev–Trinajstić information content (AvgIpc) is 2.96. The van der Waals surface area contributed by atoms with Gasteiger partial charge in [0.05, 0.1) is 0 Å². The molecule has 1 heterocycles. The van der Waals surface area contributed by atoms with Crippen LogP contribution in [0.4, 0.5) is 0 Å². The van der Waals surface area contributed by atoms with Crippen LogP contribution in [0.25, 0.3) is 0 Å². The number of hydrogen-bond donors (Lipinski definition) is 0. The minimum absolute atomic E-state index is 0.967. The van der Waals surface area contributed by atoms with Crippen LogP contribution in [0.2, 0.25) is 13.3 Å². The van der Waals surface area contributed by atoms with E-state index in [1.54, 1.807) is 22.2 Å². The summed E-state index contributed by atoms with van der Waals surface area (Å²) in [6, 6.07) is 0. The SMILES string of the molecule is CCC[CH2][Sn]([CH2]CCC)([CH2]CCC)[c]1csnc1OC. The van der Waals surface area contributed by atoms with Crippen LogP contribution in [0.15, 0.2) is 5.38 Å². The van der Waals surface area contributed by atoms with E-state index in [2.05, 4.69) is 30.5 Å². The number of hydrogen-bond acceptors (Lipinski definition) is 3. The van der Waals surface area contributed by atoms with Gasteiger partial charge in [-0.05, 0) is 0 Å². The Morgan fingerprint density at radius 3 is 1.90 bits per heavy atom. The minimum atomic E-state index is -2.30. The number of methoxy groups -OCH3 is 1. The molecule has 20 heavy (non-hydrogen) atoms. The molecule has 0 radical (unpaired) electrons. The van der Waals surface area contributed by atoms with Gasteiger partial charge in [-0.2, -0.15) is 0 Å². The van der Waals surface area contributed by atoms with Gasteiger partial charge in [0.15, 0.2) is 0 Å².